The standard InChI is InChI=1S/C12H11NO/c1-8-4-5-9-10-3-2-6-13-12(10)14-11(9)7-8/h2-4,6-7,9H,5H2,1H3. The van der Waals surface area contributed by atoms with Crippen molar-refractivity contribution in [1.29, 1.82) is 0 Å². The van der Waals surface area contributed by atoms with Crippen LogP contribution in [0.2, 0.25) is 0 Å². The van der Waals surface area contributed by atoms with Gasteiger partial charge in [0.2, 0.25) is 5.88 Å². The fourth-order valence-corrected chi connectivity index (χ4v) is 2.05. The topological polar surface area (TPSA) is 22.1 Å². The molecule has 1 atom stereocenters. The lowest BCUT2D eigenvalue weighted by molar-refractivity contribution is 0.411. The number of rotatable bonds is 0. The van der Waals surface area contributed by atoms with E-state index in [0.717, 1.165) is 18.1 Å². The third kappa shape index (κ3) is 1.00. The number of ether oxygens (including phenoxy) is 1. The van der Waals surface area contributed by atoms with Crippen molar-refractivity contribution in [3.63, 3.8) is 0 Å². The predicted octanol–water partition coefficient (Wildman–Crippen LogP) is 2.79. The number of nitrogens with zero attached hydrogens (tertiary/aromatic N) is 1. The Balaban J connectivity index is 2.09. The van der Waals surface area contributed by atoms with Gasteiger partial charge in [-0.15, -0.1) is 0 Å². The van der Waals surface area contributed by atoms with Crippen molar-refractivity contribution in [3.05, 3.63) is 47.4 Å². The third-order valence-electron chi connectivity index (χ3n) is 2.78. The molecule has 1 aromatic heterocycles. The Morgan fingerprint density at radius 2 is 2.43 bits per heavy atom. The molecule has 2 heterocycles. The molecule has 0 N–H and O–H groups in total. The smallest absolute Gasteiger partial charge is 0.222 e. The second-order valence-electron chi connectivity index (χ2n) is 3.78. The normalized spacial score (nSPS) is 23.1. The van der Waals surface area contributed by atoms with E-state index >= 15 is 0 Å². The number of hydrogen-bond acceptors (Lipinski definition) is 2. The first-order chi connectivity index (χ1) is 6.84. The summed E-state index contributed by atoms with van der Waals surface area (Å²) in [6, 6.07) is 4.07. The highest BCUT2D eigenvalue weighted by molar-refractivity contribution is 5.45. The van der Waals surface area contributed by atoms with Crippen LogP contribution in [0.25, 0.3) is 0 Å². The largest absolute Gasteiger partial charge is 0.442 e. The predicted molar refractivity (Wildman–Crippen MR) is 54.1 cm³/mol. The molecule has 0 amide bonds. The SMILES string of the molecule is CC1=CCC2C(=C1)Oc1ncccc12. The van der Waals surface area contributed by atoms with Gasteiger partial charge in [0.15, 0.2) is 0 Å². The fraction of sp³-hybridized carbons (Fsp3) is 0.250. The number of hydrogen-bond donors (Lipinski definition) is 0. The first kappa shape index (κ1) is 7.80. The van der Waals surface area contributed by atoms with Crippen molar-refractivity contribution in [2.75, 3.05) is 0 Å². The Bertz CT molecular complexity index is 445. The zero-order chi connectivity index (χ0) is 9.54. The maximum absolute atomic E-state index is 5.69. The van der Waals surface area contributed by atoms with Gasteiger partial charge in [0.05, 0.1) is 5.92 Å². The lowest BCUT2D eigenvalue weighted by Gasteiger charge is -2.13. The van der Waals surface area contributed by atoms with Crippen molar-refractivity contribution >= 4 is 0 Å². The van der Waals surface area contributed by atoms with Gasteiger partial charge in [-0.2, -0.15) is 0 Å². The maximum atomic E-state index is 5.69. The number of aromatic nitrogens is 1. The Hall–Kier alpha value is -1.57. The van der Waals surface area contributed by atoms with Crippen LogP contribution >= 0.6 is 0 Å². The van der Waals surface area contributed by atoms with Crippen LogP contribution in [0.3, 0.4) is 0 Å². The van der Waals surface area contributed by atoms with Crippen molar-refractivity contribution < 1.29 is 4.74 Å². The van der Waals surface area contributed by atoms with Crippen molar-refractivity contribution in [1.82, 2.24) is 4.98 Å². The summed E-state index contributed by atoms with van der Waals surface area (Å²) in [6.45, 7) is 2.10. The molecule has 3 rings (SSSR count). The van der Waals surface area contributed by atoms with E-state index in [4.69, 9.17) is 4.74 Å². The molecule has 0 radical (unpaired) electrons. The van der Waals surface area contributed by atoms with E-state index in [0.29, 0.717) is 5.92 Å². The summed E-state index contributed by atoms with van der Waals surface area (Å²) in [5.41, 5.74) is 2.51. The quantitative estimate of drug-likeness (QED) is 0.620. The summed E-state index contributed by atoms with van der Waals surface area (Å²) in [4.78, 5) is 4.22. The molecule has 0 fully saturated rings. The third-order valence-corrected chi connectivity index (χ3v) is 2.78. The van der Waals surface area contributed by atoms with E-state index < -0.39 is 0 Å². The number of pyridine rings is 1. The molecule has 1 aliphatic carbocycles. The monoisotopic (exact) mass is 185 g/mol. The van der Waals surface area contributed by atoms with E-state index in [9.17, 15) is 0 Å². The van der Waals surface area contributed by atoms with Gasteiger partial charge in [-0.1, -0.05) is 17.7 Å². The van der Waals surface area contributed by atoms with Gasteiger partial charge < -0.3 is 4.74 Å². The zero-order valence-corrected chi connectivity index (χ0v) is 8.03. The molecule has 0 saturated heterocycles. The molecule has 1 aromatic rings. The lowest BCUT2D eigenvalue weighted by atomic mass is 9.91. The van der Waals surface area contributed by atoms with Crippen LogP contribution in [0.5, 0.6) is 5.88 Å². The second kappa shape index (κ2) is 2.71. The van der Waals surface area contributed by atoms with Crippen LogP contribution < -0.4 is 4.74 Å². The van der Waals surface area contributed by atoms with Crippen LogP contribution in [0, 0.1) is 0 Å². The van der Waals surface area contributed by atoms with Crippen LogP contribution in [-0.4, -0.2) is 4.98 Å². The lowest BCUT2D eigenvalue weighted by Crippen LogP contribution is -2.02. The molecule has 2 heteroatoms. The highest BCUT2D eigenvalue weighted by Crippen LogP contribution is 2.43. The van der Waals surface area contributed by atoms with E-state index in [1.807, 2.05) is 6.07 Å². The fourth-order valence-electron chi connectivity index (χ4n) is 2.05. The Labute approximate surface area is 82.9 Å². The van der Waals surface area contributed by atoms with Crippen LogP contribution in [-0.2, 0) is 0 Å². The first-order valence-corrected chi connectivity index (χ1v) is 4.86. The minimum Gasteiger partial charge on any atom is -0.442 e. The van der Waals surface area contributed by atoms with Crippen molar-refractivity contribution in [2.45, 2.75) is 19.3 Å². The Morgan fingerprint density at radius 3 is 3.36 bits per heavy atom. The molecule has 14 heavy (non-hydrogen) atoms. The van der Waals surface area contributed by atoms with Crippen molar-refractivity contribution in [2.24, 2.45) is 0 Å². The Kier molecular flexibility index (Phi) is 1.51. The van der Waals surface area contributed by atoms with Gasteiger partial charge in [-0.3, -0.25) is 0 Å². The molecular weight excluding hydrogens is 174 g/mol. The first-order valence-electron chi connectivity index (χ1n) is 4.86. The van der Waals surface area contributed by atoms with E-state index in [-0.39, 0.29) is 0 Å². The highest BCUT2D eigenvalue weighted by Gasteiger charge is 2.31. The van der Waals surface area contributed by atoms with Crippen LogP contribution in [0.4, 0.5) is 0 Å². The molecule has 0 spiro atoms. The molecule has 0 bridgehead atoms. The summed E-state index contributed by atoms with van der Waals surface area (Å²) in [6.07, 6.45) is 7.17. The van der Waals surface area contributed by atoms with Gasteiger partial charge in [-0.25, -0.2) is 4.98 Å². The maximum Gasteiger partial charge on any atom is 0.222 e. The van der Waals surface area contributed by atoms with Gasteiger partial charge in [0, 0.05) is 11.8 Å². The van der Waals surface area contributed by atoms with Crippen LogP contribution in [0.1, 0.15) is 24.8 Å². The van der Waals surface area contributed by atoms with E-state index in [2.05, 4.69) is 30.1 Å². The zero-order valence-electron chi connectivity index (χ0n) is 8.03. The van der Waals surface area contributed by atoms with E-state index in [1.54, 1.807) is 6.20 Å². The molecule has 1 aliphatic heterocycles. The van der Waals surface area contributed by atoms with Gasteiger partial charge in [0.25, 0.3) is 0 Å². The van der Waals surface area contributed by atoms with Crippen molar-refractivity contribution in [3.8, 4) is 5.88 Å². The average molecular weight is 185 g/mol. The minimum atomic E-state index is 0.405. The van der Waals surface area contributed by atoms with Gasteiger partial charge >= 0.3 is 0 Å². The average Bonchev–Trinajstić information content (AvgIpc) is 2.54. The summed E-state index contributed by atoms with van der Waals surface area (Å²) in [5.74, 6) is 2.24. The van der Waals surface area contributed by atoms with Gasteiger partial charge in [-0.05, 0) is 25.5 Å². The molecule has 2 aliphatic rings. The van der Waals surface area contributed by atoms with Crippen LogP contribution in [0.15, 0.2) is 41.8 Å². The molecule has 1 unspecified atom stereocenters. The minimum absolute atomic E-state index is 0.405. The molecule has 0 aromatic carbocycles. The summed E-state index contributed by atoms with van der Waals surface area (Å²) < 4.78 is 5.69. The van der Waals surface area contributed by atoms with E-state index in [1.165, 1.54) is 11.1 Å². The molecular formula is C12H11NO. The summed E-state index contributed by atoms with van der Waals surface area (Å²) in [5, 5.41) is 0. The van der Waals surface area contributed by atoms with Gasteiger partial charge in [0.1, 0.15) is 5.76 Å². The highest BCUT2D eigenvalue weighted by atomic mass is 16.5. The molecule has 2 nitrogen and oxygen atoms in total. The second-order valence-corrected chi connectivity index (χ2v) is 3.78. The Morgan fingerprint density at radius 1 is 1.50 bits per heavy atom. The molecule has 0 saturated carbocycles. The number of fused-ring (bicyclic) bond motifs is 3. The molecule has 70 valence electrons. The summed E-state index contributed by atoms with van der Waals surface area (Å²) in [7, 11) is 0. The summed E-state index contributed by atoms with van der Waals surface area (Å²) >= 11 is 0. The number of allylic oxidation sites excluding steroid dienone is 4.